The lowest BCUT2D eigenvalue weighted by atomic mass is 9.96. The zero-order valence-electron chi connectivity index (χ0n) is 17.6. The summed E-state index contributed by atoms with van der Waals surface area (Å²) >= 11 is 0. The van der Waals surface area contributed by atoms with E-state index in [1.54, 1.807) is 12.1 Å². The molecule has 0 atom stereocenters. The first-order valence-corrected chi connectivity index (χ1v) is 9.51. The second kappa shape index (κ2) is 11.0. The van der Waals surface area contributed by atoms with Crippen LogP contribution in [0.25, 0.3) is 12.2 Å². The monoisotopic (exact) mass is 409 g/mol. The van der Waals surface area contributed by atoms with Crippen LogP contribution in [-0.4, -0.2) is 32.7 Å². The third-order valence-corrected chi connectivity index (χ3v) is 4.42. The molecular weight excluding hydrogens is 382 g/mol. The minimum Gasteiger partial charge on any atom is -0.496 e. The van der Waals surface area contributed by atoms with E-state index in [-0.39, 0.29) is 17.9 Å². The van der Waals surface area contributed by atoms with E-state index < -0.39 is 11.9 Å². The molecule has 6 nitrogen and oxygen atoms in total. The molecule has 2 N–H and O–H groups in total. The molecule has 6 heteroatoms. The van der Waals surface area contributed by atoms with Crippen molar-refractivity contribution in [3.8, 4) is 11.5 Å². The van der Waals surface area contributed by atoms with Crippen LogP contribution in [0.5, 0.6) is 11.5 Å². The van der Waals surface area contributed by atoms with Gasteiger partial charge in [-0.05, 0) is 37.0 Å². The standard InChI is InChI=1S/C24H27NO5/c1-16(2)10-13-19-20(28-3)14-18(12-11-17-8-6-5-7-9-17)22(24(27)29-4)23(19)30-21(26)15-25/h5-9,11-12,14H,1,10,13,15,25H2,2-4H3. The summed E-state index contributed by atoms with van der Waals surface area (Å²) in [5, 5.41) is 0. The van der Waals surface area contributed by atoms with Crippen LogP contribution in [0.4, 0.5) is 0 Å². The number of allylic oxidation sites excluding steroid dienone is 1. The Morgan fingerprint density at radius 3 is 2.40 bits per heavy atom. The molecule has 0 heterocycles. The molecule has 30 heavy (non-hydrogen) atoms. The van der Waals surface area contributed by atoms with Crippen LogP contribution in [0.3, 0.4) is 0 Å². The van der Waals surface area contributed by atoms with Gasteiger partial charge in [-0.15, -0.1) is 6.58 Å². The summed E-state index contributed by atoms with van der Waals surface area (Å²) in [6, 6.07) is 11.3. The predicted molar refractivity (Wildman–Crippen MR) is 118 cm³/mol. The van der Waals surface area contributed by atoms with Crippen molar-refractivity contribution in [1.82, 2.24) is 0 Å². The highest BCUT2D eigenvalue weighted by atomic mass is 16.5. The number of esters is 2. The Bertz CT molecular complexity index is 948. The first kappa shape index (κ1) is 22.9. The Kier molecular flexibility index (Phi) is 8.38. The fourth-order valence-electron chi connectivity index (χ4n) is 2.91. The lowest BCUT2D eigenvalue weighted by Gasteiger charge is -2.19. The summed E-state index contributed by atoms with van der Waals surface area (Å²) in [6.07, 6.45) is 4.71. The van der Waals surface area contributed by atoms with Crippen molar-refractivity contribution in [2.75, 3.05) is 20.8 Å². The summed E-state index contributed by atoms with van der Waals surface area (Å²) in [4.78, 5) is 24.7. The predicted octanol–water partition coefficient (Wildman–Crippen LogP) is 4.03. The van der Waals surface area contributed by atoms with Crippen LogP contribution in [-0.2, 0) is 16.0 Å². The van der Waals surface area contributed by atoms with E-state index in [1.165, 1.54) is 14.2 Å². The van der Waals surface area contributed by atoms with Crippen molar-refractivity contribution >= 4 is 24.1 Å². The number of hydrogen-bond acceptors (Lipinski definition) is 6. The van der Waals surface area contributed by atoms with E-state index in [9.17, 15) is 9.59 Å². The zero-order valence-corrected chi connectivity index (χ0v) is 17.6. The Morgan fingerprint density at radius 2 is 1.83 bits per heavy atom. The molecule has 158 valence electrons. The Morgan fingerprint density at radius 1 is 1.13 bits per heavy atom. The lowest BCUT2D eigenvalue weighted by Crippen LogP contribution is -2.22. The lowest BCUT2D eigenvalue weighted by molar-refractivity contribution is -0.132. The fraction of sp³-hybridized carbons (Fsp3) is 0.250. The van der Waals surface area contributed by atoms with Crippen molar-refractivity contribution in [1.29, 1.82) is 0 Å². The second-order valence-corrected chi connectivity index (χ2v) is 6.72. The third kappa shape index (κ3) is 5.81. The maximum atomic E-state index is 12.7. The maximum Gasteiger partial charge on any atom is 0.342 e. The smallest absolute Gasteiger partial charge is 0.342 e. The minimum atomic E-state index is -0.664. The zero-order chi connectivity index (χ0) is 22.1. The largest absolute Gasteiger partial charge is 0.496 e. The van der Waals surface area contributed by atoms with Crippen molar-refractivity contribution in [3.05, 3.63) is 70.8 Å². The van der Waals surface area contributed by atoms with Gasteiger partial charge >= 0.3 is 11.9 Å². The molecule has 0 radical (unpaired) electrons. The fourth-order valence-corrected chi connectivity index (χ4v) is 2.91. The summed E-state index contributed by atoms with van der Waals surface area (Å²) in [5.74, 6) is -0.688. The van der Waals surface area contributed by atoms with E-state index in [0.29, 0.717) is 29.7 Å². The summed E-state index contributed by atoms with van der Waals surface area (Å²) in [7, 11) is 2.80. The Labute approximate surface area is 176 Å². The molecular formula is C24H27NO5. The first-order chi connectivity index (χ1) is 14.4. The molecule has 0 saturated heterocycles. The number of benzene rings is 2. The molecule has 0 saturated carbocycles. The van der Waals surface area contributed by atoms with Crippen LogP contribution in [0.2, 0.25) is 0 Å². The minimum absolute atomic E-state index is 0.102. The maximum absolute atomic E-state index is 12.7. The van der Waals surface area contributed by atoms with E-state index in [0.717, 1.165) is 11.1 Å². The van der Waals surface area contributed by atoms with Gasteiger partial charge in [-0.2, -0.15) is 0 Å². The van der Waals surface area contributed by atoms with Gasteiger partial charge in [0.25, 0.3) is 0 Å². The highest BCUT2D eigenvalue weighted by molar-refractivity contribution is 5.99. The van der Waals surface area contributed by atoms with Gasteiger partial charge in [0.2, 0.25) is 0 Å². The number of carbonyl (C=O) groups excluding carboxylic acids is 2. The molecule has 2 aromatic carbocycles. The molecule has 0 unspecified atom stereocenters. The number of carbonyl (C=O) groups is 2. The number of nitrogens with two attached hydrogens (primary N) is 1. The number of rotatable bonds is 9. The highest BCUT2D eigenvalue weighted by Crippen LogP contribution is 2.38. The van der Waals surface area contributed by atoms with Gasteiger partial charge in [-0.1, -0.05) is 48.1 Å². The van der Waals surface area contributed by atoms with Gasteiger partial charge < -0.3 is 19.9 Å². The summed E-state index contributed by atoms with van der Waals surface area (Å²) < 4.78 is 16.0. The molecule has 0 aromatic heterocycles. The molecule has 0 spiro atoms. The topological polar surface area (TPSA) is 87.9 Å². The van der Waals surface area contributed by atoms with Crippen molar-refractivity contribution in [3.63, 3.8) is 0 Å². The molecule has 0 aliphatic heterocycles. The van der Waals surface area contributed by atoms with Gasteiger partial charge in [0, 0.05) is 5.56 Å². The van der Waals surface area contributed by atoms with Gasteiger partial charge in [0.05, 0.1) is 20.8 Å². The van der Waals surface area contributed by atoms with Crippen molar-refractivity contribution in [2.45, 2.75) is 19.8 Å². The van der Waals surface area contributed by atoms with E-state index in [4.69, 9.17) is 19.9 Å². The quantitative estimate of drug-likeness (QED) is 0.291. The normalized spacial score (nSPS) is 10.7. The van der Waals surface area contributed by atoms with E-state index >= 15 is 0 Å². The average molecular weight is 409 g/mol. The van der Waals surface area contributed by atoms with Crippen LogP contribution >= 0.6 is 0 Å². The van der Waals surface area contributed by atoms with Crippen LogP contribution in [0, 0.1) is 0 Å². The van der Waals surface area contributed by atoms with E-state index in [2.05, 4.69) is 6.58 Å². The molecule has 0 amide bonds. The first-order valence-electron chi connectivity index (χ1n) is 9.51. The van der Waals surface area contributed by atoms with Gasteiger partial charge in [-0.3, -0.25) is 4.79 Å². The molecule has 0 aliphatic carbocycles. The number of hydrogen-bond donors (Lipinski definition) is 1. The Hall–Kier alpha value is -3.38. The molecule has 0 fully saturated rings. The molecule has 2 rings (SSSR count). The Balaban J connectivity index is 2.72. The van der Waals surface area contributed by atoms with Crippen molar-refractivity contribution in [2.24, 2.45) is 5.73 Å². The molecule has 0 bridgehead atoms. The number of ether oxygens (including phenoxy) is 3. The van der Waals surface area contributed by atoms with Gasteiger partial charge in [0.15, 0.2) is 5.75 Å². The summed E-state index contributed by atoms with van der Waals surface area (Å²) in [6.45, 7) is 5.49. The van der Waals surface area contributed by atoms with Crippen molar-refractivity contribution < 1.29 is 23.8 Å². The SMILES string of the molecule is C=C(C)CCc1c(OC)cc(C=Cc2ccccc2)c(C(=O)OC)c1OC(=O)CN. The number of methoxy groups -OCH3 is 2. The second-order valence-electron chi connectivity index (χ2n) is 6.72. The highest BCUT2D eigenvalue weighted by Gasteiger charge is 2.26. The van der Waals surface area contributed by atoms with Crippen LogP contribution in [0.15, 0.2) is 48.6 Å². The van der Waals surface area contributed by atoms with E-state index in [1.807, 2.05) is 43.3 Å². The van der Waals surface area contributed by atoms with Crippen LogP contribution in [0.1, 0.15) is 40.4 Å². The molecule has 2 aromatic rings. The van der Waals surface area contributed by atoms with Crippen LogP contribution < -0.4 is 15.2 Å². The summed E-state index contributed by atoms with van der Waals surface area (Å²) in [5.41, 5.74) is 8.56. The third-order valence-electron chi connectivity index (χ3n) is 4.42. The molecule has 0 aliphatic rings. The average Bonchev–Trinajstić information content (AvgIpc) is 2.76. The van der Waals surface area contributed by atoms with Gasteiger partial charge in [0.1, 0.15) is 11.3 Å². The van der Waals surface area contributed by atoms with Gasteiger partial charge in [-0.25, -0.2) is 4.79 Å².